The Bertz CT molecular complexity index is 884. The number of benzene rings is 1. The number of nitrogens with zero attached hydrogens (tertiary/aromatic N) is 1. The third-order valence-electron chi connectivity index (χ3n) is 3.60. The Hall–Kier alpha value is -3.13. The molecule has 25 heavy (non-hydrogen) atoms. The van der Waals surface area contributed by atoms with Crippen molar-refractivity contribution in [2.75, 3.05) is 12.4 Å². The fraction of sp³-hybridized carbons (Fsp3) is 0.125. The van der Waals surface area contributed by atoms with Crippen molar-refractivity contribution in [2.45, 2.75) is 6.61 Å². The Labute approximate surface area is 148 Å². The van der Waals surface area contributed by atoms with E-state index in [0.717, 1.165) is 11.1 Å². The molecule has 9 heteroatoms. The number of amides is 1. The predicted molar refractivity (Wildman–Crippen MR) is 93.3 cm³/mol. The molecule has 2 aromatic rings. The number of aromatic nitrogens is 1. The monoisotopic (exact) mass is 361 g/mol. The summed E-state index contributed by atoms with van der Waals surface area (Å²) in [6, 6.07) is 5.45. The average Bonchev–Trinajstić information content (AvgIpc) is 3.08. The molecular weight excluding hydrogens is 346 g/mol. The molecule has 0 unspecified atom stereocenters. The first kappa shape index (κ1) is 16.7. The van der Waals surface area contributed by atoms with Crippen LogP contribution in [0.4, 0.5) is 5.69 Å². The van der Waals surface area contributed by atoms with E-state index in [0.29, 0.717) is 23.7 Å². The van der Waals surface area contributed by atoms with Crippen molar-refractivity contribution in [1.82, 2.24) is 10.5 Å². The summed E-state index contributed by atoms with van der Waals surface area (Å²) < 4.78 is 10.8. The molecule has 1 aromatic heterocycles. The number of hydrogen-bond donors (Lipinski definition) is 4. The number of carbonyl (C=O) groups excluding carboxylic acids is 1. The summed E-state index contributed by atoms with van der Waals surface area (Å²) in [6.07, 6.45) is 2.90. The van der Waals surface area contributed by atoms with Gasteiger partial charge in [0, 0.05) is 12.6 Å². The number of nitrogens with one attached hydrogen (secondary N) is 2. The van der Waals surface area contributed by atoms with Crippen LogP contribution >= 0.6 is 11.6 Å². The van der Waals surface area contributed by atoms with E-state index < -0.39 is 5.91 Å². The van der Waals surface area contributed by atoms with E-state index >= 15 is 0 Å². The van der Waals surface area contributed by atoms with Gasteiger partial charge in [-0.2, -0.15) is 0 Å². The zero-order chi connectivity index (χ0) is 18.0. The topological polar surface area (TPSA) is 128 Å². The van der Waals surface area contributed by atoms with Gasteiger partial charge in [-0.15, -0.1) is 0 Å². The summed E-state index contributed by atoms with van der Waals surface area (Å²) in [6.45, 7) is 0.321. The van der Waals surface area contributed by atoms with E-state index in [1.165, 1.54) is 13.1 Å². The van der Waals surface area contributed by atoms with Gasteiger partial charge < -0.3 is 31.4 Å². The highest BCUT2D eigenvalue weighted by atomic mass is 35.5. The SMILES string of the molecule is CNC(=O)/C(N)=C(/C=C(\N)Cl)Nc1cccc2c1OCc1conc1-2. The Morgan fingerprint density at radius 2 is 2.20 bits per heavy atom. The van der Waals surface area contributed by atoms with Gasteiger partial charge in [0.2, 0.25) is 0 Å². The second kappa shape index (κ2) is 6.78. The van der Waals surface area contributed by atoms with Crippen LogP contribution in [-0.4, -0.2) is 18.1 Å². The van der Waals surface area contributed by atoms with Crippen molar-refractivity contribution >= 4 is 23.2 Å². The van der Waals surface area contributed by atoms with Crippen molar-refractivity contribution in [1.29, 1.82) is 0 Å². The number of hydrogen-bond acceptors (Lipinski definition) is 7. The molecule has 0 spiro atoms. The number of ether oxygens (including phenoxy) is 1. The minimum atomic E-state index is -0.471. The fourth-order valence-corrected chi connectivity index (χ4v) is 2.54. The van der Waals surface area contributed by atoms with Gasteiger partial charge >= 0.3 is 0 Å². The predicted octanol–water partition coefficient (Wildman–Crippen LogP) is 1.60. The first-order valence-electron chi connectivity index (χ1n) is 7.32. The van der Waals surface area contributed by atoms with Gasteiger partial charge in [-0.05, 0) is 18.2 Å². The zero-order valence-corrected chi connectivity index (χ0v) is 14.1. The Morgan fingerprint density at radius 1 is 1.40 bits per heavy atom. The normalized spacial score (nSPS) is 13.9. The summed E-state index contributed by atoms with van der Waals surface area (Å²) in [5, 5.41) is 9.47. The summed E-state index contributed by atoms with van der Waals surface area (Å²) in [5.74, 6) is 0.0915. The number of halogens is 1. The maximum atomic E-state index is 11.8. The molecule has 0 fully saturated rings. The summed E-state index contributed by atoms with van der Waals surface area (Å²) in [7, 11) is 1.47. The highest BCUT2D eigenvalue weighted by Gasteiger charge is 2.24. The second-order valence-corrected chi connectivity index (χ2v) is 5.66. The van der Waals surface area contributed by atoms with Crippen molar-refractivity contribution in [3.8, 4) is 17.0 Å². The lowest BCUT2D eigenvalue weighted by molar-refractivity contribution is -0.117. The van der Waals surface area contributed by atoms with E-state index in [1.807, 2.05) is 12.1 Å². The lowest BCUT2D eigenvalue weighted by Gasteiger charge is -2.20. The maximum Gasteiger partial charge on any atom is 0.269 e. The molecule has 0 atom stereocenters. The molecule has 3 rings (SSSR count). The van der Waals surface area contributed by atoms with Crippen LogP contribution in [0.2, 0.25) is 0 Å². The van der Waals surface area contributed by atoms with E-state index in [-0.39, 0.29) is 16.6 Å². The van der Waals surface area contributed by atoms with Crippen LogP contribution in [0.5, 0.6) is 5.75 Å². The number of fused-ring (bicyclic) bond motifs is 3. The summed E-state index contributed by atoms with van der Waals surface area (Å²) in [4.78, 5) is 11.8. The number of likely N-dealkylation sites (N-methyl/N-ethyl adjacent to an activating group) is 1. The number of nitrogens with two attached hydrogens (primary N) is 2. The smallest absolute Gasteiger partial charge is 0.269 e. The zero-order valence-electron chi connectivity index (χ0n) is 13.3. The van der Waals surface area contributed by atoms with Crippen molar-refractivity contribution in [2.24, 2.45) is 11.5 Å². The first-order valence-corrected chi connectivity index (χ1v) is 7.70. The molecule has 1 aromatic carbocycles. The molecule has 130 valence electrons. The summed E-state index contributed by atoms with van der Waals surface area (Å²) in [5.41, 5.74) is 14.5. The largest absolute Gasteiger partial charge is 0.486 e. The molecule has 6 N–H and O–H groups in total. The Kier molecular flexibility index (Phi) is 4.53. The molecule has 1 aliphatic rings. The molecule has 0 radical (unpaired) electrons. The fourth-order valence-electron chi connectivity index (χ4n) is 2.43. The quantitative estimate of drug-likeness (QED) is 0.370. The van der Waals surface area contributed by atoms with Crippen molar-refractivity contribution in [3.63, 3.8) is 0 Å². The second-order valence-electron chi connectivity index (χ2n) is 5.22. The molecular formula is C16H16ClN5O3. The van der Waals surface area contributed by atoms with Crippen LogP contribution in [0.15, 0.2) is 51.6 Å². The van der Waals surface area contributed by atoms with Crippen LogP contribution in [0.1, 0.15) is 5.56 Å². The Morgan fingerprint density at radius 3 is 2.92 bits per heavy atom. The molecule has 2 heterocycles. The maximum absolute atomic E-state index is 11.8. The van der Waals surface area contributed by atoms with Crippen LogP contribution in [0.3, 0.4) is 0 Å². The van der Waals surface area contributed by atoms with E-state index in [9.17, 15) is 4.79 Å². The third kappa shape index (κ3) is 3.24. The van der Waals surface area contributed by atoms with Gasteiger partial charge in [-0.3, -0.25) is 4.79 Å². The molecule has 1 aliphatic heterocycles. The van der Waals surface area contributed by atoms with Crippen LogP contribution < -0.4 is 26.8 Å². The lowest BCUT2D eigenvalue weighted by atomic mass is 10.0. The highest BCUT2D eigenvalue weighted by molar-refractivity contribution is 6.29. The van der Waals surface area contributed by atoms with Gasteiger partial charge in [0.15, 0.2) is 5.75 Å². The van der Waals surface area contributed by atoms with E-state index in [2.05, 4.69) is 15.8 Å². The molecule has 0 bridgehead atoms. The molecule has 1 amide bonds. The standard InChI is InChI=1S/C16H16ClN5O3/c1-20-16(23)13(19)11(5-12(17)18)21-10-4-2-3-9-14-8(7-25-22-14)6-24-15(9)10/h2-5,7,21H,6,18-19H2,1H3,(H,20,23)/b12-5-,13-11+. The summed E-state index contributed by atoms with van der Waals surface area (Å²) >= 11 is 5.75. The minimum absolute atomic E-state index is 0.0288. The number of para-hydroxylation sites is 1. The van der Waals surface area contributed by atoms with E-state index in [4.69, 9.17) is 32.3 Å². The van der Waals surface area contributed by atoms with E-state index in [1.54, 1.807) is 12.3 Å². The lowest BCUT2D eigenvalue weighted by Crippen LogP contribution is -2.27. The Balaban J connectivity index is 2.04. The van der Waals surface area contributed by atoms with Crippen LogP contribution in [-0.2, 0) is 11.4 Å². The minimum Gasteiger partial charge on any atom is -0.486 e. The van der Waals surface area contributed by atoms with Gasteiger partial charge in [-0.1, -0.05) is 22.8 Å². The van der Waals surface area contributed by atoms with Crippen molar-refractivity contribution < 1.29 is 14.1 Å². The van der Waals surface area contributed by atoms with Gasteiger partial charge in [0.05, 0.1) is 16.9 Å². The number of rotatable bonds is 4. The first-order chi connectivity index (χ1) is 12.0. The number of anilines is 1. The molecule has 8 nitrogen and oxygen atoms in total. The number of carbonyl (C=O) groups is 1. The van der Waals surface area contributed by atoms with Crippen LogP contribution in [0.25, 0.3) is 11.3 Å². The van der Waals surface area contributed by atoms with Gasteiger partial charge in [-0.25, -0.2) is 0 Å². The highest BCUT2D eigenvalue weighted by Crippen LogP contribution is 2.41. The molecule has 0 saturated heterocycles. The number of allylic oxidation sites excluding steroid dienone is 1. The van der Waals surface area contributed by atoms with Gasteiger partial charge in [0.1, 0.15) is 29.4 Å². The van der Waals surface area contributed by atoms with Crippen molar-refractivity contribution in [3.05, 3.63) is 52.7 Å². The third-order valence-corrected chi connectivity index (χ3v) is 3.71. The average molecular weight is 362 g/mol. The van der Waals surface area contributed by atoms with Crippen LogP contribution in [0, 0.1) is 0 Å². The van der Waals surface area contributed by atoms with Gasteiger partial charge in [0.25, 0.3) is 5.91 Å². The molecule has 0 aliphatic carbocycles. The molecule has 0 saturated carbocycles.